The van der Waals surface area contributed by atoms with Crippen LogP contribution in [0.15, 0.2) is 34.7 Å². The van der Waals surface area contributed by atoms with Crippen LogP contribution in [0.3, 0.4) is 0 Å². The van der Waals surface area contributed by atoms with Gasteiger partial charge in [0.2, 0.25) is 10.0 Å². The molecule has 0 fully saturated rings. The third-order valence-corrected chi connectivity index (χ3v) is 3.94. The van der Waals surface area contributed by atoms with Crippen molar-refractivity contribution in [1.29, 1.82) is 0 Å². The van der Waals surface area contributed by atoms with Gasteiger partial charge in [0.15, 0.2) is 0 Å². The Morgan fingerprint density at radius 3 is 2.56 bits per heavy atom. The van der Waals surface area contributed by atoms with Crippen molar-refractivity contribution in [2.45, 2.75) is 4.90 Å². The van der Waals surface area contributed by atoms with Crippen molar-refractivity contribution in [3.63, 3.8) is 0 Å². The summed E-state index contributed by atoms with van der Waals surface area (Å²) in [5, 5.41) is 8.82. The highest BCUT2D eigenvalue weighted by atomic mass is 35.5. The minimum Gasteiger partial charge on any atom is -0.478 e. The van der Waals surface area contributed by atoms with Crippen molar-refractivity contribution < 1.29 is 18.3 Å². The predicted octanol–water partition coefficient (Wildman–Crippen LogP) is 2.07. The second-order valence-electron chi connectivity index (χ2n) is 3.29. The number of hydrogen-bond donors (Lipinski definition) is 2. The van der Waals surface area contributed by atoms with E-state index >= 15 is 0 Å². The molecule has 0 aromatic heterocycles. The molecule has 0 unspecified atom stereocenters. The summed E-state index contributed by atoms with van der Waals surface area (Å²) >= 11 is 11.2. The Balaban J connectivity index is 3.18. The average Bonchev–Trinajstić information content (AvgIpc) is 2.26. The SMILES string of the molecule is C=C(Cl)CNS(=O)(=O)c1cc(C(=O)O)ccc1Cl. The second-order valence-corrected chi connectivity index (χ2v) is 5.97. The number of carboxylic acids is 1. The number of benzene rings is 1. The zero-order valence-electron chi connectivity index (χ0n) is 8.98. The summed E-state index contributed by atoms with van der Waals surface area (Å²) < 4.78 is 25.8. The molecule has 0 heterocycles. The van der Waals surface area contributed by atoms with Crippen LogP contribution in [-0.2, 0) is 10.0 Å². The van der Waals surface area contributed by atoms with E-state index in [1.807, 2.05) is 0 Å². The summed E-state index contributed by atoms with van der Waals surface area (Å²) in [7, 11) is -3.93. The third kappa shape index (κ3) is 3.71. The number of sulfonamides is 1. The highest BCUT2D eigenvalue weighted by Gasteiger charge is 2.19. The molecular weight excluding hydrogens is 301 g/mol. The molecule has 0 aliphatic rings. The van der Waals surface area contributed by atoms with Gasteiger partial charge in [0, 0.05) is 11.6 Å². The quantitative estimate of drug-likeness (QED) is 0.872. The Labute approximate surface area is 114 Å². The summed E-state index contributed by atoms with van der Waals surface area (Å²) in [5.74, 6) is -1.25. The van der Waals surface area contributed by atoms with Crippen LogP contribution in [0.4, 0.5) is 0 Å². The molecule has 0 atom stereocenters. The standard InChI is InChI=1S/C10H9Cl2NO4S/c1-6(11)5-13-18(16,17)9-4-7(10(14)15)2-3-8(9)12/h2-4,13H,1,5H2,(H,14,15). The topological polar surface area (TPSA) is 83.5 Å². The van der Waals surface area contributed by atoms with Crippen molar-refractivity contribution in [1.82, 2.24) is 4.72 Å². The summed E-state index contributed by atoms with van der Waals surface area (Å²) in [5.41, 5.74) is -0.176. The Bertz CT molecular complexity index is 598. The molecule has 0 radical (unpaired) electrons. The molecule has 1 aromatic rings. The molecule has 2 N–H and O–H groups in total. The molecule has 0 spiro atoms. The van der Waals surface area contributed by atoms with E-state index in [1.54, 1.807) is 0 Å². The van der Waals surface area contributed by atoms with Gasteiger partial charge in [-0.05, 0) is 18.2 Å². The van der Waals surface area contributed by atoms with Crippen LogP contribution < -0.4 is 4.72 Å². The minimum atomic E-state index is -3.93. The first-order valence-electron chi connectivity index (χ1n) is 4.60. The van der Waals surface area contributed by atoms with Gasteiger partial charge in [-0.3, -0.25) is 0 Å². The Hall–Kier alpha value is -1.08. The fourth-order valence-electron chi connectivity index (χ4n) is 1.09. The van der Waals surface area contributed by atoms with Crippen molar-refractivity contribution in [2.75, 3.05) is 6.54 Å². The first-order chi connectivity index (χ1) is 8.24. The van der Waals surface area contributed by atoms with Crippen LogP contribution in [0.25, 0.3) is 0 Å². The molecule has 8 heteroatoms. The molecule has 1 aromatic carbocycles. The van der Waals surface area contributed by atoms with Crippen LogP contribution >= 0.6 is 23.2 Å². The average molecular weight is 310 g/mol. The number of carbonyl (C=O) groups is 1. The lowest BCUT2D eigenvalue weighted by Crippen LogP contribution is -2.25. The first kappa shape index (κ1) is 15.0. The van der Waals surface area contributed by atoms with E-state index in [-0.39, 0.29) is 27.1 Å². The Kier molecular flexibility index (Phi) is 4.75. The molecule has 0 saturated carbocycles. The molecule has 5 nitrogen and oxygen atoms in total. The van der Waals surface area contributed by atoms with E-state index in [0.29, 0.717) is 0 Å². The molecule has 18 heavy (non-hydrogen) atoms. The summed E-state index contributed by atoms with van der Waals surface area (Å²) in [6.45, 7) is 3.16. The summed E-state index contributed by atoms with van der Waals surface area (Å²) in [4.78, 5) is 10.4. The highest BCUT2D eigenvalue weighted by molar-refractivity contribution is 7.89. The van der Waals surface area contributed by atoms with E-state index in [0.717, 1.165) is 6.07 Å². The maximum absolute atomic E-state index is 11.8. The van der Waals surface area contributed by atoms with Gasteiger partial charge in [0.25, 0.3) is 0 Å². The zero-order chi connectivity index (χ0) is 13.9. The Morgan fingerprint density at radius 2 is 2.06 bits per heavy atom. The predicted molar refractivity (Wildman–Crippen MR) is 68.6 cm³/mol. The molecule has 0 saturated heterocycles. The van der Waals surface area contributed by atoms with Gasteiger partial charge in [-0.2, -0.15) is 0 Å². The van der Waals surface area contributed by atoms with Gasteiger partial charge in [0.1, 0.15) is 4.90 Å². The number of carboxylic acid groups (broad SMARTS) is 1. The number of halogens is 2. The summed E-state index contributed by atoms with van der Waals surface area (Å²) in [6, 6.07) is 3.39. The van der Waals surface area contributed by atoms with Crippen molar-refractivity contribution >= 4 is 39.2 Å². The van der Waals surface area contributed by atoms with E-state index in [9.17, 15) is 13.2 Å². The van der Waals surface area contributed by atoms with Crippen molar-refractivity contribution in [2.24, 2.45) is 0 Å². The third-order valence-electron chi connectivity index (χ3n) is 1.92. The van der Waals surface area contributed by atoms with Crippen LogP contribution in [0.1, 0.15) is 10.4 Å². The lowest BCUT2D eigenvalue weighted by atomic mass is 10.2. The zero-order valence-corrected chi connectivity index (χ0v) is 11.3. The van der Waals surface area contributed by atoms with Crippen LogP contribution in [-0.4, -0.2) is 26.0 Å². The summed E-state index contributed by atoms with van der Waals surface area (Å²) in [6.07, 6.45) is 0. The van der Waals surface area contributed by atoms with Gasteiger partial charge < -0.3 is 5.11 Å². The van der Waals surface area contributed by atoms with Crippen LogP contribution in [0.2, 0.25) is 5.02 Å². The smallest absolute Gasteiger partial charge is 0.335 e. The van der Waals surface area contributed by atoms with Crippen LogP contribution in [0.5, 0.6) is 0 Å². The fourth-order valence-corrected chi connectivity index (χ4v) is 2.79. The van der Waals surface area contributed by atoms with Gasteiger partial charge in [-0.25, -0.2) is 17.9 Å². The molecule has 0 aliphatic carbocycles. The van der Waals surface area contributed by atoms with Gasteiger partial charge in [-0.1, -0.05) is 29.8 Å². The van der Waals surface area contributed by atoms with Gasteiger partial charge in [-0.15, -0.1) is 0 Å². The minimum absolute atomic E-state index is 0.0762. The second kappa shape index (κ2) is 5.71. The van der Waals surface area contributed by atoms with Gasteiger partial charge in [0.05, 0.1) is 10.6 Å². The Morgan fingerprint density at radius 1 is 1.44 bits per heavy atom. The van der Waals surface area contributed by atoms with Crippen molar-refractivity contribution in [3.05, 3.63) is 40.4 Å². The van der Waals surface area contributed by atoms with E-state index in [2.05, 4.69) is 11.3 Å². The molecule has 0 aliphatic heterocycles. The monoisotopic (exact) mass is 309 g/mol. The molecule has 0 bridgehead atoms. The van der Waals surface area contributed by atoms with Crippen LogP contribution in [0, 0.1) is 0 Å². The molecule has 98 valence electrons. The highest BCUT2D eigenvalue weighted by Crippen LogP contribution is 2.22. The van der Waals surface area contributed by atoms with Gasteiger partial charge >= 0.3 is 5.97 Å². The number of hydrogen-bond acceptors (Lipinski definition) is 3. The lowest BCUT2D eigenvalue weighted by Gasteiger charge is -2.08. The molecule has 0 amide bonds. The maximum atomic E-state index is 11.8. The number of rotatable bonds is 5. The van der Waals surface area contributed by atoms with E-state index in [4.69, 9.17) is 28.3 Å². The fraction of sp³-hybridized carbons (Fsp3) is 0.100. The lowest BCUT2D eigenvalue weighted by molar-refractivity contribution is 0.0696. The van der Waals surface area contributed by atoms with Crippen molar-refractivity contribution in [3.8, 4) is 0 Å². The number of nitrogens with one attached hydrogen (secondary N) is 1. The number of aromatic carboxylic acids is 1. The largest absolute Gasteiger partial charge is 0.478 e. The molecule has 1 rings (SSSR count). The normalized spacial score (nSPS) is 11.2. The maximum Gasteiger partial charge on any atom is 0.335 e. The van der Waals surface area contributed by atoms with E-state index < -0.39 is 16.0 Å². The first-order valence-corrected chi connectivity index (χ1v) is 6.84. The van der Waals surface area contributed by atoms with E-state index in [1.165, 1.54) is 12.1 Å². The molecular formula is C10H9Cl2NO4S.